The van der Waals surface area contributed by atoms with Gasteiger partial charge < -0.3 is 19.6 Å². The summed E-state index contributed by atoms with van der Waals surface area (Å²) < 4.78 is 5.02. The number of nitrogens with zero attached hydrogens (tertiary/aromatic N) is 2. The number of rotatable bonds is 5. The summed E-state index contributed by atoms with van der Waals surface area (Å²) in [4.78, 5) is 16.8. The smallest absolute Gasteiger partial charge is 0.249 e. The minimum absolute atomic E-state index is 0.0105. The molecule has 3 rings (SSSR count). The van der Waals surface area contributed by atoms with Crippen LogP contribution in [-0.2, 0) is 9.53 Å². The average molecular weight is 310 g/mol. The van der Waals surface area contributed by atoms with Gasteiger partial charge in [-0.05, 0) is 63.5 Å². The van der Waals surface area contributed by atoms with Crippen molar-refractivity contribution in [1.29, 1.82) is 0 Å². The van der Waals surface area contributed by atoms with Crippen LogP contribution in [0.2, 0.25) is 0 Å². The minimum Gasteiger partial charge on any atom is -0.394 e. The summed E-state index contributed by atoms with van der Waals surface area (Å²) in [5.41, 5.74) is -0.227. The molecule has 1 atom stereocenters. The van der Waals surface area contributed by atoms with E-state index in [9.17, 15) is 9.90 Å². The van der Waals surface area contributed by atoms with E-state index in [0.717, 1.165) is 44.8 Å². The van der Waals surface area contributed by atoms with Crippen molar-refractivity contribution < 1.29 is 14.6 Å². The summed E-state index contributed by atoms with van der Waals surface area (Å²) in [6, 6.07) is 0. The van der Waals surface area contributed by atoms with E-state index in [1.807, 2.05) is 11.8 Å². The van der Waals surface area contributed by atoms with Gasteiger partial charge in [0.25, 0.3) is 0 Å². The Balaban J connectivity index is 1.64. The van der Waals surface area contributed by atoms with E-state index >= 15 is 0 Å². The fourth-order valence-electron chi connectivity index (χ4n) is 4.43. The molecular weight excluding hydrogens is 280 g/mol. The van der Waals surface area contributed by atoms with Crippen molar-refractivity contribution in [3.63, 3.8) is 0 Å². The van der Waals surface area contributed by atoms with Gasteiger partial charge in [-0.15, -0.1) is 0 Å². The lowest BCUT2D eigenvalue weighted by Crippen LogP contribution is -2.49. The van der Waals surface area contributed by atoms with Gasteiger partial charge in [0.1, 0.15) is 6.61 Å². The summed E-state index contributed by atoms with van der Waals surface area (Å²) in [6.07, 6.45) is 6.02. The van der Waals surface area contributed by atoms with Crippen molar-refractivity contribution in [1.82, 2.24) is 9.80 Å². The second-order valence-corrected chi connectivity index (χ2v) is 7.99. The molecule has 0 bridgehead atoms. The highest BCUT2D eigenvalue weighted by molar-refractivity contribution is 5.78. The van der Waals surface area contributed by atoms with Crippen LogP contribution in [0.25, 0.3) is 0 Å². The molecule has 0 aromatic heterocycles. The summed E-state index contributed by atoms with van der Waals surface area (Å²) in [7, 11) is 1.55. The standard InChI is InChI=1S/C17H30N2O3/c1-16(13-20)11-17(12-19(16)15(21)10-22-2)5-7-18(8-6-17)9-14-3-4-14/h14,20H,3-13H2,1-2H3. The summed E-state index contributed by atoms with van der Waals surface area (Å²) >= 11 is 0. The van der Waals surface area contributed by atoms with Crippen LogP contribution in [-0.4, -0.2) is 72.9 Å². The Morgan fingerprint density at radius 1 is 1.32 bits per heavy atom. The molecular formula is C17H30N2O3. The first-order valence-electron chi connectivity index (χ1n) is 8.63. The van der Waals surface area contributed by atoms with E-state index in [4.69, 9.17) is 4.74 Å². The summed E-state index contributed by atoms with van der Waals surface area (Å²) in [5.74, 6) is 0.955. The first-order chi connectivity index (χ1) is 10.5. The van der Waals surface area contributed by atoms with Crippen LogP contribution in [0.5, 0.6) is 0 Å². The van der Waals surface area contributed by atoms with E-state index in [2.05, 4.69) is 4.90 Å². The second kappa shape index (κ2) is 6.10. The number of hydrogen-bond donors (Lipinski definition) is 1. The van der Waals surface area contributed by atoms with Gasteiger partial charge in [-0.2, -0.15) is 0 Å². The predicted molar refractivity (Wildman–Crippen MR) is 84.5 cm³/mol. The molecule has 0 aromatic rings. The van der Waals surface area contributed by atoms with Gasteiger partial charge in [0.15, 0.2) is 0 Å². The van der Waals surface area contributed by atoms with Crippen molar-refractivity contribution in [3.05, 3.63) is 0 Å². The third-order valence-electron chi connectivity index (χ3n) is 5.94. The van der Waals surface area contributed by atoms with Crippen molar-refractivity contribution in [2.75, 3.05) is 46.5 Å². The molecule has 3 aliphatic rings. The summed E-state index contributed by atoms with van der Waals surface area (Å²) in [5, 5.41) is 9.86. The van der Waals surface area contributed by atoms with Crippen LogP contribution in [0.4, 0.5) is 0 Å². The van der Waals surface area contributed by atoms with Gasteiger partial charge in [0.05, 0.1) is 12.1 Å². The Morgan fingerprint density at radius 2 is 2.00 bits per heavy atom. The molecule has 22 heavy (non-hydrogen) atoms. The van der Waals surface area contributed by atoms with E-state index in [0.29, 0.717) is 0 Å². The van der Waals surface area contributed by atoms with E-state index < -0.39 is 5.54 Å². The monoisotopic (exact) mass is 310 g/mol. The normalized spacial score (nSPS) is 31.9. The Kier molecular flexibility index (Phi) is 4.49. The maximum absolute atomic E-state index is 12.3. The fraction of sp³-hybridized carbons (Fsp3) is 0.941. The Morgan fingerprint density at radius 3 is 2.55 bits per heavy atom. The molecule has 2 heterocycles. The van der Waals surface area contributed by atoms with Crippen LogP contribution in [0.15, 0.2) is 0 Å². The molecule has 1 aliphatic carbocycles. The van der Waals surface area contributed by atoms with Gasteiger partial charge in [0, 0.05) is 20.2 Å². The Bertz CT molecular complexity index is 416. The SMILES string of the molecule is COCC(=O)N1CC2(CCN(CC3CC3)CC2)CC1(C)CO. The average Bonchev–Trinajstić information content (AvgIpc) is 3.26. The Labute approximate surface area is 133 Å². The number of methoxy groups -OCH3 is 1. The van der Waals surface area contributed by atoms with E-state index in [1.54, 1.807) is 7.11 Å². The molecule has 1 unspecified atom stereocenters. The minimum atomic E-state index is -0.422. The molecule has 1 spiro atoms. The number of likely N-dealkylation sites (tertiary alicyclic amines) is 2. The molecule has 1 amide bonds. The van der Waals surface area contributed by atoms with Crippen LogP contribution in [0.3, 0.4) is 0 Å². The number of ether oxygens (including phenoxy) is 1. The first-order valence-corrected chi connectivity index (χ1v) is 8.63. The van der Waals surface area contributed by atoms with E-state index in [1.165, 1.54) is 19.4 Å². The molecule has 5 nitrogen and oxygen atoms in total. The largest absolute Gasteiger partial charge is 0.394 e. The third kappa shape index (κ3) is 3.17. The molecule has 0 aromatic carbocycles. The fourth-order valence-corrected chi connectivity index (χ4v) is 4.43. The number of carbonyl (C=O) groups is 1. The van der Waals surface area contributed by atoms with Crippen LogP contribution < -0.4 is 0 Å². The molecule has 0 radical (unpaired) electrons. The topological polar surface area (TPSA) is 53.0 Å². The van der Waals surface area contributed by atoms with Crippen molar-refractivity contribution in [2.45, 2.75) is 44.6 Å². The lowest BCUT2D eigenvalue weighted by Gasteiger charge is -2.39. The van der Waals surface area contributed by atoms with Crippen molar-refractivity contribution in [3.8, 4) is 0 Å². The second-order valence-electron chi connectivity index (χ2n) is 7.99. The number of aliphatic hydroxyl groups excluding tert-OH is 1. The van der Waals surface area contributed by atoms with Crippen molar-refractivity contribution in [2.24, 2.45) is 11.3 Å². The van der Waals surface area contributed by atoms with Gasteiger partial charge in [0.2, 0.25) is 5.91 Å². The zero-order chi connectivity index (χ0) is 15.8. The molecule has 2 aliphatic heterocycles. The zero-order valence-corrected chi connectivity index (χ0v) is 14.0. The highest BCUT2D eigenvalue weighted by Gasteiger charge is 2.52. The highest BCUT2D eigenvalue weighted by Crippen LogP contribution is 2.48. The first kappa shape index (κ1) is 16.2. The maximum Gasteiger partial charge on any atom is 0.249 e. The van der Waals surface area contributed by atoms with Crippen LogP contribution in [0, 0.1) is 11.3 Å². The van der Waals surface area contributed by atoms with Crippen LogP contribution in [0.1, 0.15) is 39.0 Å². The number of aliphatic hydroxyl groups is 1. The van der Waals surface area contributed by atoms with Gasteiger partial charge >= 0.3 is 0 Å². The Hall–Kier alpha value is -0.650. The number of piperidine rings is 1. The maximum atomic E-state index is 12.3. The molecule has 3 fully saturated rings. The molecule has 126 valence electrons. The summed E-state index contributed by atoms with van der Waals surface area (Å²) in [6.45, 7) is 6.50. The molecule has 2 saturated heterocycles. The number of amides is 1. The van der Waals surface area contributed by atoms with E-state index in [-0.39, 0.29) is 24.5 Å². The van der Waals surface area contributed by atoms with Gasteiger partial charge in [-0.1, -0.05) is 0 Å². The molecule has 1 N–H and O–H groups in total. The van der Waals surface area contributed by atoms with Gasteiger partial charge in [-0.25, -0.2) is 0 Å². The predicted octanol–water partition coefficient (Wildman–Crippen LogP) is 1.11. The van der Waals surface area contributed by atoms with Crippen LogP contribution >= 0.6 is 0 Å². The van der Waals surface area contributed by atoms with Gasteiger partial charge in [-0.3, -0.25) is 4.79 Å². The van der Waals surface area contributed by atoms with Crippen molar-refractivity contribution >= 4 is 5.91 Å². The highest BCUT2D eigenvalue weighted by atomic mass is 16.5. The lowest BCUT2D eigenvalue weighted by molar-refractivity contribution is -0.140. The number of hydrogen-bond acceptors (Lipinski definition) is 4. The molecule has 1 saturated carbocycles. The zero-order valence-electron chi connectivity index (χ0n) is 14.0. The third-order valence-corrected chi connectivity index (χ3v) is 5.94. The molecule has 5 heteroatoms. The number of carbonyl (C=O) groups excluding carboxylic acids is 1. The lowest BCUT2D eigenvalue weighted by atomic mass is 9.74. The quantitative estimate of drug-likeness (QED) is 0.826.